The van der Waals surface area contributed by atoms with E-state index in [-0.39, 0.29) is 93.1 Å². The first-order chi connectivity index (χ1) is 36.5. The third kappa shape index (κ3) is 25.9. The van der Waals surface area contributed by atoms with Crippen molar-refractivity contribution < 1.29 is 76.4 Å². The summed E-state index contributed by atoms with van der Waals surface area (Å²) in [6.45, 7) is 6.72. The van der Waals surface area contributed by atoms with E-state index < -0.39 is 42.2 Å². The fourth-order valence-corrected chi connectivity index (χ4v) is 11.4. The maximum Gasteiger partial charge on any atom is 0.306 e. The maximum absolute atomic E-state index is 14.5. The highest BCUT2D eigenvalue weighted by atomic mass is 19.3. The molecule has 5 N–H and O–H groups in total. The summed E-state index contributed by atoms with van der Waals surface area (Å²) in [7, 11) is 0. The average molecular weight is 1090 g/mol. The summed E-state index contributed by atoms with van der Waals surface area (Å²) in [5.41, 5.74) is 0.968. The standard InChI is InChI=1S/C32H50F2O6.C25H44F2O6.C2H3N/c1-2-3-20-32(33,34)29(36)19-18-26-25(27(35)22-28(26)40-31-17-11-12-21-38-31)15-9-4-5-10-16-30(37)39-23-24-13-7-6-8-14-24;1-2-3-15-25(26,27)22(29)14-13-19-18(10-6-4-5-7-11-23(30)31)20(28)17-21(19)33-24-12-8-9-16-32-24;1-2-3/h6-8,13-14,25-29,31,35-36H,2-5,9-12,15-23H2,1H3;18-22,24,28-29H,2-17H2,1H3,(H,30,31);1H3/t25-,26-,27+,28-,29?,31?;18-,19-,20+,21-,22?,24?;/m11./s1. The summed E-state index contributed by atoms with van der Waals surface area (Å²) < 4.78 is 86.8. The van der Waals surface area contributed by atoms with Crippen molar-refractivity contribution in [1.82, 2.24) is 0 Å². The van der Waals surface area contributed by atoms with Crippen LogP contribution in [0.15, 0.2) is 30.3 Å². The molecule has 1 aromatic carbocycles. The van der Waals surface area contributed by atoms with Crippen LogP contribution in [0, 0.1) is 35.0 Å². The van der Waals surface area contributed by atoms with E-state index in [0.717, 1.165) is 102 Å². The number of benzene rings is 1. The molecule has 2 saturated heterocycles. The number of rotatable bonds is 34. The number of esters is 1. The van der Waals surface area contributed by atoms with Gasteiger partial charge in [0.25, 0.3) is 11.8 Å². The Kier molecular flexibility index (Phi) is 33.5. The summed E-state index contributed by atoms with van der Waals surface area (Å²) >= 11 is 0. The lowest BCUT2D eigenvalue weighted by Crippen LogP contribution is -2.36. The smallest absolute Gasteiger partial charge is 0.306 e. The molecule has 17 heteroatoms. The van der Waals surface area contributed by atoms with Gasteiger partial charge in [-0.2, -0.15) is 5.26 Å². The first-order valence-electron chi connectivity index (χ1n) is 29.2. The number of carboxylic acid groups (broad SMARTS) is 1. The molecule has 12 atom stereocenters. The van der Waals surface area contributed by atoms with Crippen LogP contribution in [0.1, 0.15) is 219 Å². The number of alkyl halides is 4. The molecule has 0 bridgehead atoms. The van der Waals surface area contributed by atoms with E-state index in [2.05, 4.69) is 0 Å². The van der Waals surface area contributed by atoms with E-state index in [1.165, 1.54) is 6.92 Å². The largest absolute Gasteiger partial charge is 0.481 e. The minimum atomic E-state index is -3.10. The first-order valence-corrected chi connectivity index (χ1v) is 29.2. The minimum Gasteiger partial charge on any atom is -0.481 e. The number of nitrogens with zero attached hydrogens (tertiary/aromatic N) is 1. The zero-order chi connectivity index (χ0) is 55.8. The molecule has 13 nitrogen and oxygen atoms in total. The highest BCUT2D eigenvalue weighted by Gasteiger charge is 2.47. The lowest BCUT2D eigenvalue weighted by molar-refractivity contribution is -0.197. The van der Waals surface area contributed by atoms with Crippen LogP contribution in [-0.4, -0.2) is 112 Å². The van der Waals surface area contributed by atoms with Crippen molar-refractivity contribution in [2.75, 3.05) is 13.2 Å². The number of hydrogen-bond donors (Lipinski definition) is 5. The molecule has 76 heavy (non-hydrogen) atoms. The Balaban J connectivity index is 0.000000387. The lowest BCUT2D eigenvalue weighted by Gasteiger charge is -2.31. The Morgan fingerprint density at radius 2 is 1.09 bits per heavy atom. The van der Waals surface area contributed by atoms with E-state index in [1.807, 2.05) is 44.2 Å². The number of carbonyl (C=O) groups is 2. The predicted molar refractivity (Wildman–Crippen MR) is 282 cm³/mol. The number of halogens is 4. The fraction of sp³-hybridized carbons (Fsp3) is 0.847. The zero-order valence-electron chi connectivity index (χ0n) is 46.2. The fourth-order valence-electron chi connectivity index (χ4n) is 11.4. The number of nitriles is 1. The van der Waals surface area contributed by atoms with Crippen LogP contribution in [0.5, 0.6) is 0 Å². The van der Waals surface area contributed by atoms with Gasteiger partial charge >= 0.3 is 11.9 Å². The van der Waals surface area contributed by atoms with Gasteiger partial charge in [-0.05, 0) is 132 Å². The predicted octanol–water partition coefficient (Wildman–Crippen LogP) is 12.8. The highest BCUT2D eigenvalue weighted by Crippen LogP contribution is 2.45. The van der Waals surface area contributed by atoms with E-state index in [1.54, 1.807) is 6.07 Å². The minimum absolute atomic E-state index is 0.0128. The Morgan fingerprint density at radius 3 is 1.50 bits per heavy atom. The Labute approximate surface area is 452 Å². The van der Waals surface area contributed by atoms with Crippen molar-refractivity contribution in [3.8, 4) is 6.07 Å². The topological polar surface area (TPSA) is 205 Å². The number of carboxylic acids is 1. The quantitative estimate of drug-likeness (QED) is 0.0248. The van der Waals surface area contributed by atoms with Gasteiger partial charge in [-0.3, -0.25) is 9.59 Å². The third-order valence-corrected chi connectivity index (χ3v) is 15.8. The van der Waals surface area contributed by atoms with Gasteiger partial charge in [-0.15, -0.1) is 0 Å². The second kappa shape index (κ2) is 37.8. The number of aliphatic carboxylic acids is 1. The molecule has 0 aromatic heterocycles. The van der Waals surface area contributed by atoms with Crippen LogP contribution in [0.4, 0.5) is 17.6 Å². The summed E-state index contributed by atoms with van der Waals surface area (Å²) in [6, 6.07) is 11.4. The van der Waals surface area contributed by atoms with Crippen molar-refractivity contribution in [2.45, 2.75) is 281 Å². The monoisotopic (exact) mass is 1090 g/mol. The molecule has 4 aliphatic rings. The molecule has 4 fully saturated rings. The Morgan fingerprint density at radius 1 is 0.658 bits per heavy atom. The second-order valence-electron chi connectivity index (χ2n) is 21.8. The highest BCUT2D eigenvalue weighted by molar-refractivity contribution is 5.69. The number of ether oxygens (including phenoxy) is 5. The molecule has 2 aliphatic carbocycles. The van der Waals surface area contributed by atoms with Gasteiger partial charge in [0.05, 0.1) is 30.5 Å². The molecule has 0 radical (unpaired) electrons. The molecule has 0 amide bonds. The molecule has 1 aromatic rings. The van der Waals surface area contributed by atoms with Crippen molar-refractivity contribution in [2.24, 2.45) is 23.7 Å². The average Bonchev–Trinajstić information content (AvgIpc) is 3.86. The van der Waals surface area contributed by atoms with Gasteiger partial charge in [0.2, 0.25) is 0 Å². The molecule has 5 rings (SSSR count). The number of aliphatic hydroxyl groups excluding tert-OH is 4. The molecule has 438 valence electrons. The van der Waals surface area contributed by atoms with Crippen LogP contribution in [0.3, 0.4) is 0 Å². The molecular weight excluding hydrogens is 991 g/mol. The first kappa shape index (κ1) is 67.3. The molecule has 2 saturated carbocycles. The van der Waals surface area contributed by atoms with Crippen molar-refractivity contribution >= 4 is 11.9 Å². The summed E-state index contributed by atoms with van der Waals surface area (Å²) in [4.78, 5) is 22.7. The normalized spacial score (nSPS) is 26.6. The van der Waals surface area contributed by atoms with Crippen LogP contribution in [-0.2, 0) is 39.9 Å². The Hall–Kier alpha value is -2.95. The van der Waals surface area contributed by atoms with Gasteiger partial charge in [0.15, 0.2) is 12.6 Å². The summed E-state index contributed by atoms with van der Waals surface area (Å²) in [6.07, 6.45) is 11.7. The van der Waals surface area contributed by atoms with Gasteiger partial charge in [0.1, 0.15) is 18.8 Å². The lowest BCUT2D eigenvalue weighted by atomic mass is 9.84. The summed E-state index contributed by atoms with van der Waals surface area (Å²) in [5.74, 6) is -7.56. The number of unbranched alkanes of at least 4 members (excludes halogenated alkanes) is 8. The van der Waals surface area contributed by atoms with Crippen LogP contribution >= 0.6 is 0 Å². The maximum atomic E-state index is 14.5. The molecule has 4 unspecified atom stereocenters. The van der Waals surface area contributed by atoms with Crippen molar-refractivity contribution in [3.05, 3.63) is 35.9 Å². The van der Waals surface area contributed by atoms with E-state index >= 15 is 0 Å². The number of carbonyl (C=O) groups excluding carboxylic acids is 1. The molecular formula is C59H97F4NO12. The van der Waals surface area contributed by atoms with Gasteiger partial charge in [-0.1, -0.05) is 95.5 Å². The van der Waals surface area contributed by atoms with Crippen LogP contribution < -0.4 is 0 Å². The van der Waals surface area contributed by atoms with Crippen LogP contribution in [0.25, 0.3) is 0 Å². The van der Waals surface area contributed by atoms with Gasteiger partial charge in [-0.25, -0.2) is 17.6 Å². The Bertz CT molecular complexity index is 1710. The summed E-state index contributed by atoms with van der Waals surface area (Å²) in [5, 5.41) is 58.3. The van der Waals surface area contributed by atoms with E-state index in [4.69, 9.17) is 34.1 Å². The molecule has 2 aliphatic heterocycles. The van der Waals surface area contributed by atoms with Crippen molar-refractivity contribution in [1.29, 1.82) is 5.26 Å². The van der Waals surface area contributed by atoms with Gasteiger partial charge < -0.3 is 49.2 Å². The van der Waals surface area contributed by atoms with Crippen molar-refractivity contribution in [3.63, 3.8) is 0 Å². The SMILES string of the molecule is CC#N.CCCCC(F)(F)C(O)CC[C@@H]1[C@@H](CCCCCCC(=O)O)[C@@H](O)C[C@H]1OC1CCCCO1.CCCCC(F)(F)C(O)CC[C@@H]1[C@@H](CCCCCCC(=O)OCc2ccccc2)[C@@H](O)C[C@H]1OC1CCCCO1. The molecule has 0 spiro atoms. The zero-order valence-corrected chi connectivity index (χ0v) is 46.2. The molecule has 2 heterocycles. The van der Waals surface area contributed by atoms with E-state index in [9.17, 15) is 47.6 Å². The number of hydrogen-bond acceptors (Lipinski definition) is 12. The second-order valence-corrected chi connectivity index (χ2v) is 21.8. The van der Waals surface area contributed by atoms with Crippen LogP contribution in [0.2, 0.25) is 0 Å². The van der Waals surface area contributed by atoms with Gasteiger partial charge in [0, 0.05) is 58.7 Å². The number of aliphatic hydroxyl groups is 4. The van der Waals surface area contributed by atoms with E-state index in [0.29, 0.717) is 77.4 Å². The third-order valence-electron chi connectivity index (χ3n) is 15.8.